The standard InChI is InChI=1S/C26H25BrO5S/c1-3-28-16-30-20-9-11-21(12-10-20)32-26-25(18-5-7-19(27)8-6-18)23-14-13-22(15-24(23)33-26)31-17-29-4-2/h5-15H,3-4,16-17H2,1-2H3. The fourth-order valence-corrected chi connectivity index (χ4v) is 4.59. The van der Waals surface area contributed by atoms with Crippen molar-refractivity contribution < 1.29 is 23.7 Å². The first-order valence-electron chi connectivity index (χ1n) is 10.7. The molecule has 0 saturated carbocycles. The van der Waals surface area contributed by atoms with Crippen molar-refractivity contribution >= 4 is 37.4 Å². The molecule has 0 bridgehead atoms. The lowest BCUT2D eigenvalue weighted by Gasteiger charge is -2.09. The molecule has 3 aromatic carbocycles. The van der Waals surface area contributed by atoms with Crippen LogP contribution in [0, 0.1) is 0 Å². The van der Waals surface area contributed by atoms with E-state index in [9.17, 15) is 0 Å². The zero-order chi connectivity index (χ0) is 23.0. The Hall–Kier alpha value is -2.58. The van der Waals surface area contributed by atoms with Gasteiger partial charge in [-0.2, -0.15) is 0 Å². The molecule has 0 aliphatic rings. The summed E-state index contributed by atoms with van der Waals surface area (Å²) in [7, 11) is 0. The average Bonchev–Trinajstić information content (AvgIpc) is 3.18. The predicted octanol–water partition coefficient (Wildman–Crippen LogP) is 7.87. The second kappa shape index (κ2) is 11.5. The van der Waals surface area contributed by atoms with Gasteiger partial charge in [-0.05, 0) is 74.0 Å². The second-order valence-electron chi connectivity index (χ2n) is 7.01. The lowest BCUT2D eigenvalue weighted by molar-refractivity contribution is 0.0222. The lowest BCUT2D eigenvalue weighted by Crippen LogP contribution is -2.01. The van der Waals surface area contributed by atoms with E-state index in [1.54, 1.807) is 11.3 Å². The summed E-state index contributed by atoms with van der Waals surface area (Å²) in [6.45, 7) is 5.56. The number of halogens is 1. The van der Waals surface area contributed by atoms with Crippen LogP contribution in [-0.2, 0) is 9.47 Å². The summed E-state index contributed by atoms with van der Waals surface area (Å²) in [5.41, 5.74) is 2.13. The van der Waals surface area contributed by atoms with Crippen LogP contribution in [0.15, 0.2) is 71.2 Å². The highest BCUT2D eigenvalue weighted by Crippen LogP contribution is 2.47. The third-order valence-electron chi connectivity index (χ3n) is 4.82. The first-order valence-corrected chi connectivity index (χ1v) is 12.3. The molecule has 7 heteroatoms. The van der Waals surface area contributed by atoms with Crippen molar-refractivity contribution in [2.24, 2.45) is 0 Å². The van der Waals surface area contributed by atoms with Gasteiger partial charge in [0.25, 0.3) is 0 Å². The Morgan fingerprint density at radius 1 is 0.727 bits per heavy atom. The number of fused-ring (bicyclic) bond motifs is 1. The number of hydrogen-bond acceptors (Lipinski definition) is 6. The average molecular weight is 529 g/mol. The first kappa shape index (κ1) is 23.6. The van der Waals surface area contributed by atoms with Crippen molar-refractivity contribution in [1.82, 2.24) is 0 Å². The summed E-state index contributed by atoms with van der Waals surface area (Å²) < 4.78 is 30.3. The third-order valence-corrected chi connectivity index (χ3v) is 6.38. The number of thiophene rings is 1. The monoisotopic (exact) mass is 528 g/mol. The van der Waals surface area contributed by atoms with Gasteiger partial charge >= 0.3 is 0 Å². The normalized spacial score (nSPS) is 11.0. The van der Waals surface area contributed by atoms with Crippen LogP contribution >= 0.6 is 27.3 Å². The first-order chi connectivity index (χ1) is 16.2. The SMILES string of the molecule is CCOCOc1ccc(Oc2sc3cc(OCOCC)ccc3c2-c2ccc(Br)cc2)cc1. The van der Waals surface area contributed by atoms with Crippen LogP contribution in [0.1, 0.15) is 13.8 Å². The zero-order valence-electron chi connectivity index (χ0n) is 18.5. The number of rotatable bonds is 11. The van der Waals surface area contributed by atoms with Crippen LogP contribution in [0.2, 0.25) is 0 Å². The van der Waals surface area contributed by atoms with Gasteiger partial charge in [0.2, 0.25) is 0 Å². The smallest absolute Gasteiger partial charge is 0.189 e. The highest BCUT2D eigenvalue weighted by molar-refractivity contribution is 9.10. The predicted molar refractivity (Wildman–Crippen MR) is 136 cm³/mol. The minimum atomic E-state index is 0.230. The Balaban J connectivity index is 1.65. The molecule has 1 aromatic heterocycles. The molecule has 0 amide bonds. The van der Waals surface area contributed by atoms with Gasteiger partial charge in [-0.25, -0.2) is 0 Å². The van der Waals surface area contributed by atoms with E-state index < -0.39 is 0 Å². The summed E-state index contributed by atoms with van der Waals surface area (Å²) in [5.74, 6) is 2.23. The van der Waals surface area contributed by atoms with E-state index in [2.05, 4.69) is 34.1 Å². The van der Waals surface area contributed by atoms with E-state index in [4.69, 9.17) is 23.7 Å². The zero-order valence-corrected chi connectivity index (χ0v) is 20.9. The van der Waals surface area contributed by atoms with Gasteiger partial charge < -0.3 is 23.7 Å². The van der Waals surface area contributed by atoms with Crippen LogP contribution in [-0.4, -0.2) is 26.8 Å². The Morgan fingerprint density at radius 3 is 2.00 bits per heavy atom. The van der Waals surface area contributed by atoms with Crippen LogP contribution in [0.25, 0.3) is 21.2 Å². The van der Waals surface area contributed by atoms with Crippen molar-refractivity contribution in [3.05, 3.63) is 71.2 Å². The Bertz CT molecular complexity index is 1170. The van der Waals surface area contributed by atoms with Gasteiger partial charge in [0, 0.05) is 33.3 Å². The third kappa shape index (κ3) is 6.06. The summed E-state index contributed by atoms with van der Waals surface area (Å²) in [6, 6.07) is 21.8. The van der Waals surface area contributed by atoms with Crippen molar-refractivity contribution in [3.8, 4) is 33.4 Å². The molecule has 5 nitrogen and oxygen atoms in total. The molecule has 0 saturated heterocycles. The van der Waals surface area contributed by atoms with Gasteiger partial charge in [-0.1, -0.05) is 39.4 Å². The van der Waals surface area contributed by atoms with Crippen LogP contribution < -0.4 is 14.2 Å². The molecule has 1 heterocycles. The molecule has 0 unspecified atom stereocenters. The number of hydrogen-bond donors (Lipinski definition) is 0. The van der Waals surface area contributed by atoms with Gasteiger partial charge in [0.05, 0.1) is 0 Å². The fourth-order valence-electron chi connectivity index (χ4n) is 3.20. The van der Waals surface area contributed by atoms with E-state index in [-0.39, 0.29) is 13.6 Å². The molecule has 0 fully saturated rings. The van der Waals surface area contributed by atoms with E-state index in [1.165, 1.54) is 0 Å². The maximum atomic E-state index is 6.35. The largest absolute Gasteiger partial charge is 0.468 e. The van der Waals surface area contributed by atoms with Gasteiger partial charge in [0.1, 0.15) is 17.2 Å². The molecular formula is C26H25BrO5S. The van der Waals surface area contributed by atoms with Crippen molar-refractivity contribution in [3.63, 3.8) is 0 Å². The summed E-state index contributed by atoms with van der Waals surface area (Å²) in [5, 5.41) is 1.93. The molecule has 0 atom stereocenters. The van der Waals surface area contributed by atoms with E-state index in [0.29, 0.717) is 13.2 Å². The van der Waals surface area contributed by atoms with Crippen molar-refractivity contribution in [2.75, 3.05) is 26.8 Å². The topological polar surface area (TPSA) is 46.2 Å². The van der Waals surface area contributed by atoms with Crippen LogP contribution in [0.5, 0.6) is 22.3 Å². The number of benzene rings is 3. The van der Waals surface area contributed by atoms with Crippen LogP contribution in [0.4, 0.5) is 0 Å². The number of ether oxygens (including phenoxy) is 5. The van der Waals surface area contributed by atoms with E-state index in [0.717, 1.165) is 48.0 Å². The van der Waals surface area contributed by atoms with Crippen molar-refractivity contribution in [2.45, 2.75) is 13.8 Å². The molecule has 4 rings (SSSR count). The molecule has 4 aromatic rings. The fraction of sp³-hybridized carbons (Fsp3) is 0.231. The van der Waals surface area contributed by atoms with Gasteiger partial charge in [-0.3, -0.25) is 0 Å². The highest BCUT2D eigenvalue weighted by atomic mass is 79.9. The quantitative estimate of drug-likeness (QED) is 0.146. The maximum absolute atomic E-state index is 6.35. The summed E-state index contributed by atoms with van der Waals surface area (Å²) >= 11 is 5.11. The maximum Gasteiger partial charge on any atom is 0.189 e. The van der Waals surface area contributed by atoms with E-state index in [1.807, 2.05) is 62.4 Å². The molecule has 0 aliphatic carbocycles. The lowest BCUT2D eigenvalue weighted by atomic mass is 10.0. The van der Waals surface area contributed by atoms with Crippen molar-refractivity contribution in [1.29, 1.82) is 0 Å². The van der Waals surface area contributed by atoms with E-state index >= 15 is 0 Å². The molecular weight excluding hydrogens is 504 g/mol. The molecule has 0 aliphatic heterocycles. The second-order valence-corrected chi connectivity index (χ2v) is 8.94. The van der Waals surface area contributed by atoms with Crippen LogP contribution in [0.3, 0.4) is 0 Å². The molecule has 0 spiro atoms. The Kier molecular flexibility index (Phi) is 8.23. The molecule has 172 valence electrons. The highest BCUT2D eigenvalue weighted by Gasteiger charge is 2.17. The Morgan fingerprint density at radius 2 is 1.33 bits per heavy atom. The molecule has 0 N–H and O–H groups in total. The molecule has 0 radical (unpaired) electrons. The molecule has 33 heavy (non-hydrogen) atoms. The minimum absolute atomic E-state index is 0.230. The Labute approximate surface area is 205 Å². The summed E-state index contributed by atoms with van der Waals surface area (Å²) in [6.07, 6.45) is 0. The summed E-state index contributed by atoms with van der Waals surface area (Å²) in [4.78, 5) is 0. The van der Waals surface area contributed by atoms with Gasteiger partial charge in [0.15, 0.2) is 18.6 Å². The minimum Gasteiger partial charge on any atom is -0.468 e. The van der Waals surface area contributed by atoms with Gasteiger partial charge in [-0.15, -0.1) is 0 Å².